The third-order valence-electron chi connectivity index (χ3n) is 3.20. The van der Waals surface area contributed by atoms with Crippen molar-refractivity contribution in [1.82, 2.24) is 15.2 Å². The molecule has 2 heterocycles. The number of rotatable bonds is 7. The summed E-state index contributed by atoms with van der Waals surface area (Å²) in [5.74, 6) is -0.220. The van der Waals surface area contributed by atoms with Crippen molar-refractivity contribution in [2.75, 3.05) is 26.3 Å². The quantitative estimate of drug-likeness (QED) is 0.451. The van der Waals surface area contributed by atoms with E-state index in [1.165, 1.54) is 6.26 Å². The van der Waals surface area contributed by atoms with Crippen LogP contribution in [0.4, 0.5) is 0 Å². The molecule has 1 N–H and O–H groups in total. The van der Waals surface area contributed by atoms with Crippen LogP contribution in [0.1, 0.15) is 19.7 Å². The summed E-state index contributed by atoms with van der Waals surface area (Å²) in [7, 11) is 0. The minimum atomic E-state index is -0.895. The van der Waals surface area contributed by atoms with Gasteiger partial charge in [-0.2, -0.15) is 0 Å². The molecule has 128 valence electrons. The zero-order valence-corrected chi connectivity index (χ0v) is 13.7. The molecule has 1 aliphatic rings. The van der Waals surface area contributed by atoms with E-state index in [0.29, 0.717) is 38.0 Å². The Morgan fingerprint density at radius 3 is 2.78 bits per heavy atom. The van der Waals surface area contributed by atoms with E-state index in [4.69, 9.17) is 25.5 Å². The predicted octanol–water partition coefficient (Wildman–Crippen LogP) is 1.58. The summed E-state index contributed by atoms with van der Waals surface area (Å²) >= 11 is 5.74. The first kappa shape index (κ1) is 17.5. The number of nitrogens with zero attached hydrogens (tertiary/aromatic N) is 3. The summed E-state index contributed by atoms with van der Waals surface area (Å²) in [4.78, 5) is 16.0. The molecule has 0 bridgehead atoms. The number of oxazole rings is 1. The predicted molar refractivity (Wildman–Crippen MR) is 81.0 cm³/mol. The van der Waals surface area contributed by atoms with Crippen LogP contribution in [0.25, 0.3) is 0 Å². The maximum absolute atomic E-state index is 10.8. The summed E-state index contributed by atoms with van der Waals surface area (Å²) in [6.45, 7) is 5.42. The van der Waals surface area contributed by atoms with Gasteiger partial charge in [-0.25, -0.2) is 4.98 Å². The molecule has 23 heavy (non-hydrogen) atoms. The van der Waals surface area contributed by atoms with Crippen LogP contribution in [0.15, 0.2) is 22.7 Å². The molecule has 0 amide bonds. The van der Waals surface area contributed by atoms with Crippen molar-refractivity contribution in [1.29, 1.82) is 0 Å². The first-order valence-electron chi connectivity index (χ1n) is 7.20. The molecule has 1 fully saturated rings. The van der Waals surface area contributed by atoms with Crippen LogP contribution in [0.2, 0.25) is 5.15 Å². The number of hydrogen-bond acceptors (Lipinski definition) is 8. The maximum Gasteiger partial charge on any atom is 0.274 e. The second-order valence-electron chi connectivity index (χ2n) is 4.85. The van der Waals surface area contributed by atoms with E-state index >= 15 is 0 Å². The molecular weight excluding hydrogens is 328 g/mol. The van der Waals surface area contributed by atoms with E-state index in [1.807, 2.05) is 13.8 Å². The summed E-state index contributed by atoms with van der Waals surface area (Å²) < 4.78 is 16.7. The Morgan fingerprint density at radius 2 is 2.26 bits per heavy atom. The zero-order valence-electron chi connectivity index (χ0n) is 13.0. The average molecular weight is 347 g/mol. The van der Waals surface area contributed by atoms with Gasteiger partial charge in [0.05, 0.1) is 24.6 Å². The molecule has 0 saturated carbocycles. The molecule has 0 spiro atoms. The van der Waals surface area contributed by atoms with Crippen LogP contribution in [-0.4, -0.2) is 46.9 Å². The molecule has 2 rings (SSSR count). The van der Waals surface area contributed by atoms with Crippen LogP contribution in [0.3, 0.4) is 0 Å². The molecule has 1 aromatic heterocycles. The van der Waals surface area contributed by atoms with Crippen molar-refractivity contribution in [2.24, 2.45) is 0 Å². The summed E-state index contributed by atoms with van der Waals surface area (Å²) in [6, 6.07) is 0. The molecule has 10 heteroatoms. The highest BCUT2D eigenvalue weighted by molar-refractivity contribution is 6.29. The van der Waals surface area contributed by atoms with Crippen LogP contribution < -0.4 is 5.32 Å². The first-order valence-corrected chi connectivity index (χ1v) is 7.57. The molecule has 0 aromatic carbocycles. The Labute approximate surface area is 138 Å². The molecule has 0 unspecified atom stereocenters. The van der Waals surface area contributed by atoms with Crippen molar-refractivity contribution < 1.29 is 18.8 Å². The molecule has 0 atom stereocenters. The van der Waals surface area contributed by atoms with Crippen LogP contribution in [0, 0.1) is 10.1 Å². The minimum absolute atomic E-state index is 0.196. The van der Waals surface area contributed by atoms with Crippen LogP contribution >= 0.6 is 11.6 Å². The van der Waals surface area contributed by atoms with Crippen molar-refractivity contribution in [2.45, 2.75) is 26.2 Å². The topological polar surface area (TPSA) is 103 Å². The SMILES string of the molecule is CCOC1(OCC)CN/C(=C\[N+](=O)[O-])N(Cc2nc(Cl)co2)C1. The molecular formula is C13H19ClN4O5. The first-order chi connectivity index (χ1) is 11.0. The number of hydrogen-bond donors (Lipinski definition) is 1. The normalized spacial score (nSPS) is 18.9. The fourth-order valence-corrected chi connectivity index (χ4v) is 2.56. The van der Waals surface area contributed by atoms with E-state index in [1.54, 1.807) is 4.90 Å². The third kappa shape index (κ3) is 4.57. The van der Waals surface area contributed by atoms with Gasteiger partial charge in [-0.15, -0.1) is 0 Å². The van der Waals surface area contributed by atoms with Gasteiger partial charge >= 0.3 is 0 Å². The molecule has 9 nitrogen and oxygen atoms in total. The standard InChI is InChI=1S/C13H19ClN4O5/c1-3-22-13(23-4-2)8-15-11(5-18(19)20)17(9-13)6-12-16-10(14)7-21-12/h5,7,15H,3-4,6,8-9H2,1-2H3/b11-5+. The lowest BCUT2D eigenvalue weighted by molar-refractivity contribution is -0.405. The zero-order chi connectivity index (χ0) is 16.9. The van der Waals surface area contributed by atoms with E-state index in [2.05, 4.69) is 10.3 Å². The van der Waals surface area contributed by atoms with Crippen LogP contribution in [0.5, 0.6) is 0 Å². The van der Waals surface area contributed by atoms with Gasteiger partial charge in [-0.3, -0.25) is 10.1 Å². The van der Waals surface area contributed by atoms with Gasteiger partial charge < -0.3 is 24.1 Å². The molecule has 1 saturated heterocycles. The van der Waals surface area contributed by atoms with E-state index in [0.717, 1.165) is 6.20 Å². The fraction of sp³-hybridized carbons (Fsp3) is 0.615. The molecule has 1 aromatic rings. The van der Waals surface area contributed by atoms with E-state index in [9.17, 15) is 10.1 Å². The Balaban J connectivity index is 2.23. The van der Waals surface area contributed by atoms with Crippen molar-refractivity contribution in [3.05, 3.63) is 39.4 Å². The number of halogens is 1. The van der Waals surface area contributed by atoms with Gasteiger partial charge in [0.1, 0.15) is 6.26 Å². The lowest BCUT2D eigenvalue weighted by Gasteiger charge is -2.43. The fourth-order valence-electron chi connectivity index (χ4n) is 2.42. The Kier molecular flexibility index (Phi) is 5.80. The lowest BCUT2D eigenvalue weighted by atomic mass is 10.2. The molecule has 1 aliphatic heterocycles. The average Bonchev–Trinajstić information content (AvgIpc) is 2.87. The Hall–Kier alpha value is -1.84. The third-order valence-corrected chi connectivity index (χ3v) is 3.38. The summed E-state index contributed by atoms with van der Waals surface area (Å²) in [5, 5.41) is 14.0. The van der Waals surface area contributed by atoms with E-state index in [-0.39, 0.29) is 11.7 Å². The van der Waals surface area contributed by atoms with Gasteiger partial charge in [0, 0.05) is 13.2 Å². The largest absolute Gasteiger partial charge is 0.445 e. The van der Waals surface area contributed by atoms with E-state index < -0.39 is 10.7 Å². The summed E-state index contributed by atoms with van der Waals surface area (Å²) in [6.07, 6.45) is 2.20. The van der Waals surface area contributed by atoms with Crippen molar-refractivity contribution >= 4 is 11.6 Å². The highest BCUT2D eigenvalue weighted by Gasteiger charge is 2.40. The second-order valence-corrected chi connectivity index (χ2v) is 5.24. The Bertz CT molecular complexity index is 570. The lowest BCUT2D eigenvalue weighted by Crippen LogP contribution is -2.59. The molecule has 0 radical (unpaired) electrons. The van der Waals surface area contributed by atoms with Crippen LogP contribution in [-0.2, 0) is 16.0 Å². The van der Waals surface area contributed by atoms with Gasteiger partial charge in [0.25, 0.3) is 6.20 Å². The number of nitrogens with one attached hydrogen (secondary N) is 1. The highest BCUT2D eigenvalue weighted by Crippen LogP contribution is 2.24. The van der Waals surface area contributed by atoms with Gasteiger partial charge in [0.2, 0.25) is 11.7 Å². The number of ether oxygens (including phenoxy) is 2. The minimum Gasteiger partial charge on any atom is -0.445 e. The van der Waals surface area contributed by atoms with Crippen molar-refractivity contribution in [3.63, 3.8) is 0 Å². The summed E-state index contributed by atoms with van der Waals surface area (Å²) in [5.41, 5.74) is 0. The monoisotopic (exact) mass is 346 g/mol. The maximum atomic E-state index is 10.8. The van der Waals surface area contributed by atoms with Gasteiger partial charge in [-0.05, 0) is 13.8 Å². The van der Waals surface area contributed by atoms with Crippen molar-refractivity contribution in [3.8, 4) is 0 Å². The Morgan fingerprint density at radius 1 is 1.57 bits per heavy atom. The molecule has 0 aliphatic carbocycles. The van der Waals surface area contributed by atoms with Gasteiger partial charge in [-0.1, -0.05) is 11.6 Å². The highest BCUT2D eigenvalue weighted by atomic mass is 35.5. The second kappa shape index (κ2) is 7.62. The smallest absolute Gasteiger partial charge is 0.274 e. The number of nitro groups is 1. The van der Waals surface area contributed by atoms with Gasteiger partial charge in [0.15, 0.2) is 11.0 Å². The number of aromatic nitrogens is 1.